The van der Waals surface area contributed by atoms with Crippen molar-refractivity contribution in [3.8, 4) is 11.5 Å². The third-order valence-corrected chi connectivity index (χ3v) is 3.66. The van der Waals surface area contributed by atoms with E-state index >= 15 is 0 Å². The number of rotatable bonds is 5. The molecular weight excluding hydrogens is 347 g/mol. The molecule has 0 aliphatic carbocycles. The van der Waals surface area contributed by atoms with Gasteiger partial charge in [-0.25, -0.2) is 4.39 Å². The molecule has 0 saturated heterocycles. The minimum Gasteiger partial charge on any atom is -0.493 e. The molecule has 0 heterocycles. The summed E-state index contributed by atoms with van der Waals surface area (Å²) in [4.78, 5) is 0. The Hall–Kier alpha value is -1.26. The van der Waals surface area contributed by atoms with Crippen molar-refractivity contribution in [2.45, 2.75) is 11.9 Å². The van der Waals surface area contributed by atoms with E-state index in [9.17, 15) is 4.39 Å². The van der Waals surface area contributed by atoms with Gasteiger partial charge in [0.2, 0.25) is 0 Å². The second-order valence-corrected chi connectivity index (χ2v) is 5.14. The van der Waals surface area contributed by atoms with Crippen molar-refractivity contribution in [1.82, 2.24) is 0 Å². The summed E-state index contributed by atoms with van der Waals surface area (Å²) in [6.45, 7) is 0.116. The normalized spacial score (nSPS) is 10.4. The molecule has 0 atom stereocenters. The van der Waals surface area contributed by atoms with Crippen molar-refractivity contribution in [2.24, 2.45) is 0 Å². The van der Waals surface area contributed by atoms with Gasteiger partial charge in [-0.1, -0.05) is 39.7 Å². The van der Waals surface area contributed by atoms with Crippen molar-refractivity contribution in [1.29, 1.82) is 0 Å². The highest BCUT2D eigenvalue weighted by atomic mass is 79.9. The zero-order valence-electron chi connectivity index (χ0n) is 10.8. The van der Waals surface area contributed by atoms with Gasteiger partial charge in [-0.2, -0.15) is 0 Å². The molecule has 2 rings (SSSR count). The van der Waals surface area contributed by atoms with Crippen molar-refractivity contribution < 1.29 is 13.9 Å². The van der Waals surface area contributed by atoms with E-state index in [0.29, 0.717) is 27.4 Å². The second-order valence-electron chi connectivity index (χ2n) is 4.14. The third-order valence-electron chi connectivity index (χ3n) is 2.78. The minimum atomic E-state index is -0.381. The van der Waals surface area contributed by atoms with Crippen LogP contribution in [0, 0.1) is 5.82 Å². The van der Waals surface area contributed by atoms with E-state index in [0.717, 1.165) is 5.56 Å². The molecular formula is C15H13BrClFO2. The van der Waals surface area contributed by atoms with Crippen LogP contribution < -0.4 is 9.47 Å². The molecule has 2 aromatic carbocycles. The van der Waals surface area contributed by atoms with Gasteiger partial charge >= 0.3 is 0 Å². The maximum Gasteiger partial charge on any atom is 0.161 e. The molecule has 0 radical (unpaired) electrons. The van der Waals surface area contributed by atoms with Crippen LogP contribution in [0.5, 0.6) is 11.5 Å². The Kier molecular flexibility index (Phi) is 5.26. The van der Waals surface area contributed by atoms with E-state index in [1.165, 1.54) is 6.07 Å². The lowest BCUT2D eigenvalue weighted by Gasteiger charge is -2.12. The maximum absolute atomic E-state index is 13.7. The third kappa shape index (κ3) is 3.64. The first kappa shape index (κ1) is 15.1. The van der Waals surface area contributed by atoms with Crippen LogP contribution in [-0.2, 0) is 11.9 Å². The Labute approximate surface area is 130 Å². The van der Waals surface area contributed by atoms with Crippen molar-refractivity contribution in [3.05, 3.63) is 58.4 Å². The van der Waals surface area contributed by atoms with Gasteiger partial charge in [0.1, 0.15) is 12.4 Å². The number of halogens is 3. The summed E-state index contributed by atoms with van der Waals surface area (Å²) < 4.78 is 24.6. The van der Waals surface area contributed by atoms with Crippen LogP contribution >= 0.6 is 27.5 Å². The van der Waals surface area contributed by atoms with Crippen LogP contribution in [0.1, 0.15) is 11.1 Å². The first-order valence-electron chi connectivity index (χ1n) is 5.93. The number of alkyl halides is 1. The minimum absolute atomic E-state index is 0.116. The van der Waals surface area contributed by atoms with Crippen molar-refractivity contribution >= 4 is 27.5 Å². The fourth-order valence-corrected chi connectivity index (χ4v) is 2.22. The largest absolute Gasteiger partial charge is 0.493 e. The van der Waals surface area contributed by atoms with Gasteiger partial charge in [-0.05, 0) is 29.8 Å². The smallest absolute Gasteiger partial charge is 0.161 e. The SMILES string of the molecule is COc1ccc(CBr)cc1OCc1ccc(Cl)cc1F. The Morgan fingerprint density at radius 3 is 2.60 bits per heavy atom. The van der Waals surface area contributed by atoms with Gasteiger partial charge in [0.05, 0.1) is 7.11 Å². The molecule has 20 heavy (non-hydrogen) atoms. The summed E-state index contributed by atoms with van der Waals surface area (Å²) in [5, 5.41) is 1.08. The number of hydrogen-bond donors (Lipinski definition) is 0. The van der Waals surface area contributed by atoms with Crippen LogP contribution in [0.25, 0.3) is 0 Å². The highest BCUT2D eigenvalue weighted by Gasteiger charge is 2.08. The molecule has 0 saturated carbocycles. The van der Waals surface area contributed by atoms with E-state index < -0.39 is 0 Å². The fourth-order valence-electron chi connectivity index (χ4n) is 1.71. The molecule has 0 aliphatic heterocycles. The average molecular weight is 360 g/mol. The van der Waals surface area contributed by atoms with Crippen molar-refractivity contribution in [3.63, 3.8) is 0 Å². The summed E-state index contributed by atoms with van der Waals surface area (Å²) >= 11 is 9.10. The van der Waals surface area contributed by atoms with E-state index in [4.69, 9.17) is 21.1 Å². The van der Waals surface area contributed by atoms with Crippen LogP contribution in [0.15, 0.2) is 36.4 Å². The van der Waals surface area contributed by atoms with Gasteiger partial charge in [-0.15, -0.1) is 0 Å². The summed E-state index contributed by atoms with van der Waals surface area (Å²) in [5.74, 6) is 0.816. The molecule has 0 aromatic heterocycles. The lowest BCUT2D eigenvalue weighted by molar-refractivity contribution is 0.279. The van der Waals surface area contributed by atoms with E-state index in [1.54, 1.807) is 19.2 Å². The van der Waals surface area contributed by atoms with Crippen LogP contribution in [0.4, 0.5) is 4.39 Å². The molecule has 5 heteroatoms. The molecule has 0 unspecified atom stereocenters. The first-order valence-corrected chi connectivity index (χ1v) is 7.43. The molecule has 2 aromatic rings. The van der Waals surface area contributed by atoms with Gasteiger partial charge in [0, 0.05) is 15.9 Å². The number of methoxy groups -OCH3 is 1. The standard InChI is InChI=1S/C15H13BrClFO2/c1-19-14-5-2-10(8-16)6-15(14)20-9-11-3-4-12(17)7-13(11)18/h2-7H,8-9H2,1H3. The summed E-state index contributed by atoms with van der Waals surface area (Å²) in [6, 6.07) is 10.1. The second kappa shape index (κ2) is 6.95. The molecule has 0 spiro atoms. The van der Waals surface area contributed by atoms with Crippen molar-refractivity contribution in [2.75, 3.05) is 7.11 Å². The summed E-state index contributed by atoms with van der Waals surface area (Å²) in [7, 11) is 1.57. The summed E-state index contributed by atoms with van der Waals surface area (Å²) in [6.07, 6.45) is 0. The monoisotopic (exact) mass is 358 g/mol. The number of hydrogen-bond acceptors (Lipinski definition) is 2. The molecule has 0 N–H and O–H groups in total. The highest BCUT2D eigenvalue weighted by molar-refractivity contribution is 9.08. The Balaban J connectivity index is 2.17. The van der Waals surface area contributed by atoms with Crippen LogP contribution in [-0.4, -0.2) is 7.11 Å². The Morgan fingerprint density at radius 2 is 1.95 bits per heavy atom. The molecule has 2 nitrogen and oxygen atoms in total. The topological polar surface area (TPSA) is 18.5 Å². The predicted molar refractivity (Wildman–Crippen MR) is 81.4 cm³/mol. The van der Waals surface area contributed by atoms with Gasteiger partial charge in [0.25, 0.3) is 0 Å². The maximum atomic E-state index is 13.7. The molecule has 0 fully saturated rings. The molecule has 0 amide bonds. The van der Waals surface area contributed by atoms with E-state index in [-0.39, 0.29) is 12.4 Å². The van der Waals surface area contributed by atoms with Gasteiger partial charge < -0.3 is 9.47 Å². The van der Waals surface area contributed by atoms with E-state index in [2.05, 4.69) is 15.9 Å². The number of benzene rings is 2. The summed E-state index contributed by atoms with van der Waals surface area (Å²) in [5.41, 5.74) is 1.50. The molecule has 0 aliphatic rings. The first-order chi connectivity index (χ1) is 9.63. The van der Waals surface area contributed by atoms with Gasteiger partial charge in [0.15, 0.2) is 11.5 Å². The number of ether oxygens (including phenoxy) is 2. The average Bonchev–Trinajstić information content (AvgIpc) is 2.46. The fraction of sp³-hybridized carbons (Fsp3) is 0.200. The molecule has 106 valence electrons. The zero-order valence-corrected chi connectivity index (χ0v) is 13.2. The molecule has 0 bridgehead atoms. The van der Waals surface area contributed by atoms with Gasteiger partial charge in [-0.3, -0.25) is 0 Å². The quantitative estimate of drug-likeness (QED) is 0.702. The zero-order chi connectivity index (χ0) is 14.5. The van der Waals surface area contributed by atoms with E-state index in [1.807, 2.05) is 18.2 Å². The Morgan fingerprint density at radius 1 is 1.15 bits per heavy atom. The van der Waals surface area contributed by atoms with Crippen LogP contribution in [0.2, 0.25) is 5.02 Å². The lowest BCUT2D eigenvalue weighted by Crippen LogP contribution is -2.00. The highest BCUT2D eigenvalue weighted by Crippen LogP contribution is 2.30. The van der Waals surface area contributed by atoms with Crippen LogP contribution in [0.3, 0.4) is 0 Å². The Bertz CT molecular complexity index is 604. The lowest BCUT2D eigenvalue weighted by atomic mass is 10.2. The predicted octanol–water partition coefficient (Wildman–Crippen LogP) is 4.96.